The van der Waals surface area contributed by atoms with Crippen molar-refractivity contribution < 1.29 is 19.2 Å². The van der Waals surface area contributed by atoms with Gasteiger partial charge in [0.1, 0.15) is 11.9 Å². The van der Waals surface area contributed by atoms with Gasteiger partial charge in [-0.25, -0.2) is 0 Å². The average molecular weight is 400 g/mol. The predicted molar refractivity (Wildman–Crippen MR) is 113 cm³/mol. The van der Waals surface area contributed by atoms with E-state index in [1.165, 1.54) is 64.2 Å². The van der Waals surface area contributed by atoms with E-state index in [0.717, 1.165) is 12.8 Å². The summed E-state index contributed by atoms with van der Waals surface area (Å²) < 4.78 is -0.0808. The summed E-state index contributed by atoms with van der Waals surface area (Å²) in [7, 11) is 4.97. The van der Waals surface area contributed by atoms with Crippen molar-refractivity contribution in [1.29, 1.82) is 0 Å². The number of carboxylic acid groups (broad SMARTS) is 1. The molecule has 0 fully saturated rings. The quantitative estimate of drug-likeness (QED) is 0.223. The Bertz CT molecular complexity index is 449. The van der Waals surface area contributed by atoms with Gasteiger partial charge in [0.05, 0.1) is 21.1 Å². The van der Waals surface area contributed by atoms with E-state index < -0.39 is 17.6 Å². The molecule has 0 spiro atoms. The number of unbranched alkanes of at least 4 members (excludes halogenated alkanes) is 11. The topological polar surface area (TPSA) is 95.2 Å². The molecule has 28 heavy (non-hydrogen) atoms. The molecule has 0 aliphatic heterocycles. The van der Waals surface area contributed by atoms with Crippen LogP contribution in [-0.2, 0) is 9.59 Å². The highest BCUT2D eigenvalue weighted by molar-refractivity contribution is 5.87. The molecule has 0 aliphatic rings. The number of nitrogens with two attached hydrogens (primary N) is 1. The van der Waals surface area contributed by atoms with E-state index in [0.29, 0.717) is 6.54 Å². The molecule has 0 bridgehead atoms. The molecule has 6 nitrogen and oxygen atoms in total. The normalized spacial score (nSPS) is 15.1. The van der Waals surface area contributed by atoms with Crippen LogP contribution in [0.4, 0.5) is 0 Å². The Balaban J connectivity index is 3.86. The largest absolute Gasteiger partial charge is 0.543 e. The maximum absolute atomic E-state index is 12.3. The third-order valence-corrected chi connectivity index (χ3v) is 5.82. The van der Waals surface area contributed by atoms with E-state index in [9.17, 15) is 14.7 Å². The molecule has 0 radical (unpaired) electrons. The number of carbonyl (C=O) groups is 2. The summed E-state index contributed by atoms with van der Waals surface area (Å²) in [5.41, 5.74) is 4.29. The number of nitrogens with one attached hydrogen (secondary N) is 1. The van der Waals surface area contributed by atoms with Gasteiger partial charge in [-0.2, -0.15) is 0 Å². The molecule has 0 aromatic carbocycles. The summed E-state index contributed by atoms with van der Waals surface area (Å²) in [6.45, 7) is 4.36. The van der Waals surface area contributed by atoms with Crippen molar-refractivity contribution in [2.75, 3.05) is 27.7 Å². The lowest BCUT2D eigenvalue weighted by molar-refractivity contribution is -0.919. The van der Waals surface area contributed by atoms with Crippen molar-refractivity contribution in [3.05, 3.63) is 0 Å². The van der Waals surface area contributed by atoms with Crippen LogP contribution in [0.5, 0.6) is 0 Å². The smallest absolute Gasteiger partial charge is 0.231 e. The summed E-state index contributed by atoms with van der Waals surface area (Å²) in [6.07, 6.45) is 15.2. The maximum Gasteiger partial charge on any atom is 0.231 e. The second-order valence-corrected chi connectivity index (χ2v) is 9.03. The molecule has 2 unspecified atom stereocenters. The number of carbonyl (C=O) groups excluding carboxylic acids is 2. The first kappa shape index (κ1) is 26.9. The summed E-state index contributed by atoms with van der Waals surface area (Å²) >= 11 is 0. The molecule has 0 aromatic rings. The van der Waals surface area contributed by atoms with Gasteiger partial charge >= 0.3 is 0 Å². The fraction of sp³-hybridized carbons (Fsp3) is 0.909. The van der Waals surface area contributed by atoms with Gasteiger partial charge in [-0.05, 0) is 13.3 Å². The number of amides is 1. The maximum atomic E-state index is 12.3. The van der Waals surface area contributed by atoms with E-state index in [-0.39, 0.29) is 10.4 Å². The highest BCUT2D eigenvalue weighted by Gasteiger charge is 2.49. The van der Waals surface area contributed by atoms with E-state index >= 15 is 0 Å². The molecule has 0 heterocycles. The summed E-state index contributed by atoms with van der Waals surface area (Å²) in [5.74, 6) is -2.62. The second-order valence-electron chi connectivity index (χ2n) is 9.03. The molecule has 0 saturated heterocycles. The van der Waals surface area contributed by atoms with Crippen molar-refractivity contribution in [3.63, 3.8) is 0 Å². The van der Waals surface area contributed by atoms with Crippen LogP contribution < -0.4 is 16.2 Å². The van der Waals surface area contributed by atoms with Crippen LogP contribution in [0, 0.1) is 5.92 Å². The summed E-state index contributed by atoms with van der Waals surface area (Å²) in [4.78, 5) is 23.9. The first-order chi connectivity index (χ1) is 13.1. The van der Waals surface area contributed by atoms with Crippen LogP contribution in [0.3, 0.4) is 0 Å². The van der Waals surface area contributed by atoms with Crippen molar-refractivity contribution in [1.82, 2.24) is 5.32 Å². The van der Waals surface area contributed by atoms with Gasteiger partial charge in [-0.15, -0.1) is 0 Å². The Kier molecular flexibility index (Phi) is 13.4. The van der Waals surface area contributed by atoms with Gasteiger partial charge in [-0.3, -0.25) is 10.5 Å². The molecule has 0 rings (SSSR count). The zero-order valence-corrected chi connectivity index (χ0v) is 19.0. The highest BCUT2D eigenvalue weighted by Crippen LogP contribution is 2.22. The minimum absolute atomic E-state index is 0.0808. The van der Waals surface area contributed by atoms with Crippen LogP contribution in [-0.4, -0.2) is 49.7 Å². The van der Waals surface area contributed by atoms with Gasteiger partial charge in [0.15, 0.2) is 0 Å². The monoisotopic (exact) mass is 399 g/mol. The molecule has 166 valence electrons. The third kappa shape index (κ3) is 9.37. The lowest BCUT2D eigenvalue weighted by Crippen LogP contribution is -2.76. The number of nitrogens with zero attached hydrogens (tertiary/aromatic N) is 1. The van der Waals surface area contributed by atoms with Crippen LogP contribution in [0.2, 0.25) is 0 Å². The number of likely N-dealkylation sites (N-methyl/N-ethyl adjacent to an activating group) is 1. The van der Waals surface area contributed by atoms with Gasteiger partial charge in [0, 0.05) is 6.54 Å². The molecule has 0 saturated carbocycles. The Morgan fingerprint density at radius 2 is 1.29 bits per heavy atom. The van der Waals surface area contributed by atoms with Crippen molar-refractivity contribution in [2.24, 2.45) is 11.7 Å². The van der Waals surface area contributed by atoms with E-state index in [4.69, 9.17) is 5.73 Å². The minimum atomic E-state index is -1.76. The number of rotatable bonds is 17. The number of aliphatic carboxylic acids is 1. The Morgan fingerprint density at radius 1 is 0.893 bits per heavy atom. The van der Waals surface area contributed by atoms with Crippen molar-refractivity contribution in [3.8, 4) is 0 Å². The SMILES string of the molecule is CCCCCCCCCCCCCCNC(=O)C(C)C(N)(C(=O)[O-])[N+](C)(C)C. The van der Waals surface area contributed by atoms with Crippen LogP contribution in [0.15, 0.2) is 0 Å². The number of carboxylic acids is 1. The van der Waals surface area contributed by atoms with Crippen LogP contribution in [0.25, 0.3) is 0 Å². The standard InChI is InChI=1S/C22H45N3O3/c1-6-7-8-9-10-11-12-13-14-15-16-17-18-24-20(26)19(2)22(23,21(27)28)25(3,4)5/h19H,6-18,23H2,1-5H3,(H-,24,26,27,28). The number of quaternary nitrogens is 1. The molecule has 2 atom stereocenters. The molecule has 3 N–H and O–H groups in total. The highest BCUT2D eigenvalue weighted by atomic mass is 16.4. The average Bonchev–Trinajstić information content (AvgIpc) is 2.62. The summed E-state index contributed by atoms with van der Waals surface area (Å²) in [5, 5.41) is 14.4. The van der Waals surface area contributed by atoms with E-state index in [2.05, 4.69) is 12.2 Å². The Morgan fingerprint density at radius 3 is 1.64 bits per heavy atom. The van der Waals surface area contributed by atoms with Gasteiger partial charge in [0.2, 0.25) is 11.6 Å². The molecular weight excluding hydrogens is 354 g/mol. The van der Waals surface area contributed by atoms with Crippen molar-refractivity contribution in [2.45, 2.75) is 96.6 Å². The third-order valence-electron chi connectivity index (χ3n) is 5.82. The van der Waals surface area contributed by atoms with Gasteiger partial charge in [-0.1, -0.05) is 77.6 Å². The van der Waals surface area contributed by atoms with Gasteiger partial charge < -0.3 is 19.7 Å². The van der Waals surface area contributed by atoms with E-state index in [1.54, 1.807) is 28.1 Å². The van der Waals surface area contributed by atoms with Gasteiger partial charge in [0.25, 0.3) is 0 Å². The first-order valence-corrected chi connectivity index (χ1v) is 11.2. The van der Waals surface area contributed by atoms with E-state index in [1.807, 2.05) is 0 Å². The first-order valence-electron chi connectivity index (χ1n) is 11.2. The number of hydrogen-bond acceptors (Lipinski definition) is 4. The predicted octanol–water partition coefficient (Wildman–Crippen LogP) is 2.55. The molecular formula is C22H45N3O3. The molecule has 0 aromatic heterocycles. The van der Waals surface area contributed by atoms with Crippen LogP contribution in [0.1, 0.15) is 90.9 Å². The molecule has 1 amide bonds. The lowest BCUT2D eigenvalue weighted by atomic mass is 9.91. The zero-order valence-electron chi connectivity index (χ0n) is 19.0. The zero-order chi connectivity index (χ0) is 21.6. The minimum Gasteiger partial charge on any atom is -0.543 e. The Labute approximate surface area is 172 Å². The number of hydrogen-bond donors (Lipinski definition) is 2. The Hall–Kier alpha value is -1.14. The van der Waals surface area contributed by atoms with Crippen LogP contribution >= 0.6 is 0 Å². The lowest BCUT2D eigenvalue weighted by Gasteiger charge is -2.46. The molecule has 0 aliphatic carbocycles. The fourth-order valence-corrected chi connectivity index (χ4v) is 3.56. The molecule has 6 heteroatoms. The van der Waals surface area contributed by atoms with Crippen molar-refractivity contribution >= 4 is 11.9 Å². The fourth-order valence-electron chi connectivity index (χ4n) is 3.56. The summed E-state index contributed by atoms with van der Waals surface area (Å²) in [6, 6.07) is 0. The second kappa shape index (κ2) is 13.9.